The Balaban J connectivity index is 1.73. The lowest BCUT2D eigenvalue weighted by molar-refractivity contribution is 0.140. The quantitative estimate of drug-likeness (QED) is 0.623. The Hall–Kier alpha value is -2.89. The molecule has 0 radical (unpaired) electrons. The first-order valence-electron chi connectivity index (χ1n) is 7.42. The normalized spacial score (nSPS) is 10.8. The summed E-state index contributed by atoms with van der Waals surface area (Å²) in [5, 5.41) is 2.56. The number of nitrogens with one attached hydrogen (secondary N) is 1. The van der Waals surface area contributed by atoms with E-state index in [0.29, 0.717) is 6.42 Å². The van der Waals surface area contributed by atoms with E-state index >= 15 is 0 Å². The lowest BCUT2D eigenvalue weighted by Crippen LogP contribution is -2.24. The number of carbonyl (C=O) groups is 1. The minimum absolute atomic E-state index is 0.112. The van der Waals surface area contributed by atoms with Crippen molar-refractivity contribution in [1.29, 1.82) is 0 Å². The molecule has 0 unspecified atom stereocenters. The molecule has 0 saturated carbocycles. The highest BCUT2D eigenvalue weighted by Gasteiger charge is 2.08. The third-order valence-corrected chi connectivity index (χ3v) is 3.23. The first-order chi connectivity index (χ1) is 11.6. The van der Waals surface area contributed by atoms with Gasteiger partial charge >= 0.3 is 6.09 Å². The second kappa shape index (κ2) is 8.67. The van der Waals surface area contributed by atoms with E-state index in [1.165, 1.54) is 12.1 Å². The fourth-order valence-corrected chi connectivity index (χ4v) is 1.97. The zero-order chi connectivity index (χ0) is 17.4. The van der Waals surface area contributed by atoms with Gasteiger partial charge in [0, 0.05) is 12.1 Å². The first kappa shape index (κ1) is 17.5. The van der Waals surface area contributed by atoms with Gasteiger partial charge in [-0.2, -0.15) is 0 Å². The Morgan fingerprint density at radius 1 is 1.17 bits per heavy atom. The fourth-order valence-electron chi connectivity index (χ4n) is 1.97. The van der Waals surface area contributed by atoms with Gasteiger partial charge in [-0.15, -0.1) is 0 Å². The van der Waals surface area contributed by atoms with Crippen molar-refractivity contribution in [2.24, 2.45) is 0 Å². The van der Waals surface area contributed by atoms with E-state index in [9.17, 15) is 13.6 Å². The highest BCUT2D eigenvalue weighted by Crippen LogP contribution is 2.19. The van der Waals surface area contributed by atoms with Gasteiger partial charge in [0.15, 0.2) is 5.82 Å². The van der Waals surface area contributed by atoms with Crippen LogP contribution in [-0.2, 0) is 11.3 Å². The van der Waals surface area contributed by atoms with Crippen molar-refractivity contribution >= 4 is 17.9 Å². The number of rotatable bonds is 6. The summed E-state index contributed by atoms with van der Waals surface area (Å²) in [7, 11) is 0. The van der Waals surface area contributed by atoms with Gasteiger partial charge in [-0.1, -0.05) is 42.5 Å². The molecule has 0 aliphatic carbocycles. The average molecular weight is 332 g/mol. The number of anilines is 1. The average Bonchev–Trinajstić information content (AvgIpc) is 2.60. The van der Waals surface area contributed by atoms with E-state index in [2.05, 4.69) is 5.32 Å². The van der Waals surface area contributed by atoms with Crippen LogP contribution in [-0.4, -0.2) is 12.6 Å². The number of halogens is 2. The molecule has 0 aromatic heterocycles. The SMILES string of the molecule is Nc1ccc(F)c(C=CCCNC(=O)OCc2ccccc2)c1F. The van der Waals surface area contributed by atoms with Gasteiger partial charge in [-0.3, -0.25) is 0 Å². The fraction of sp³-hybridized carbons (Fsp3) is 0.167. The molecule has 126 valence electrons. The summed E-state index contributed by atoms with van der Waals surface area (Å²) >= 11 is 0. The Morgan fingerprint density at radius 3 is 2.67 bits per heavy atom. The van der Waals surface area contributed by atoms with Crippen LogP contribution in [0, 0.1) is 11.6 Å². The number of ether oxygens (including phenoxy) is 1. The summed E-state index contributed by atoms with van der Waals surface area (Å²) in [6.45, 7) is 0.470. The molecule has 2 aromatic rings. The van der Waals surface area contributed by atoms with Crippen molar-refractivity contribution in [3.8, 4) is 0 Å². The van der Waals surface area contributed by atoms with E-state index in [1.807, 2.05) is 30.3 Å². The van der Waals surface area contributed by atoms with Gasteiger partial charge in [0.25, 0.3) is 0 Å². The standard InChI is InChI=1S/C18H18F2N2O2/c19-15-9-10-16(21)17(20)14(15)8-4-5-11-22-18(23)24-12-13-6-2-1-3-7-13/h1-4,6-10H,5,11-12,21H2,(H,22,23). The number of nitrogens with two attached hydrogens (primary N) is 1. The molecular formula is C18H18F2N2O2. The highest BCUT2D eigenvalue weighted by molar-refractivity contribution is 5.67. The van der Waals surface area contributed by atoms with Crippen LogP contribution in [0.25, 0.3) is 6.08 Å². The number of hydrogen-bond donors (Lipinski definition) is 2. The Bertz CT molecular complexity index is 718. The maximum absolute atomic E-state index is 13.7. The summed E-state index contributed by atoms with van der Waals surface area (Å²) < 4.78 is 32.2. The number of amides is 1. The molecule has 1 amide bonds. The van der Waals surface area contributed by atoms with Crippen molar-refractivity contribution in [2.75, 3.05) is 12.3 Å². The predicted octanol–water partition coefficient (Wildman–Crippen LogP) is 3.88. The molecule has 0 aliphatic rings. The molecule has 0 heterocycles. The highest BCUT2D eigenvalue weighted by atomic mass is 19.1. The van der Waals surface area contributed by atoms with Crippen molar-refractivity contribution in [2.45, 2.75) is 13.0 Å². The van der Waals surface area contributed by atoms with Gasteiger partial charge < -0.3 is 15.8 Å². The molecule has 3 N–H and O–H groups in total. The molecular weight excluding hydrogens is 314 g/mol. The molecule has 0 saturated heterocycles. The monoisotopic (exact) mass is 332 g/mol. The van der Waals surface area contributed by atoms with Crippen molar-refractivity contribution in [3.63, 3.8) is 0 Å². The van der Waals surface area contributed by atoms with Crippen molar-refractivity contribution < 1.29 is 18.3 Å². The first-order valence-corrected chi connectivity index (χ1v) is 7.42. The molecule has 0 atom stereocenters. The minimum Gasteiger partial charge on any atom is -0.445 e. The zero-order valence-corrected chi connectivity index (χ0v) is 13.0. The van der Waals surface area contributed by atoms with E-state index in [1.54, 1.807) is 6.08 Å². The van der Waals surface area contributed by atoms with Gasteiger partial charge in [-0.05, 0) is 24.1 Å². The second-order valence-electron chi connectivity index (χ2n) is 5.04. The molecule has 2 rings (SSSR count). The van der Waals surface area contributed by atoms with Crippen molar-refractivity contribution in [1.82, 2.24) is 5.32 Å². The van der Waals surface area contributed by atoms with Crippen LogP contribution in [0.5, 0.6) is 0 Å². The number of alkyl carbamates (subject to hydrolysis) is 1. The van der Waals surface area contributed by atoms with Gasteiger partial charge in [0.05, 0.1) is 5.69 Å². The van der Waals surface area contributed by atoms with E-state index in [0.717, 1.165) is 11.6 Å². The molecule has 0 fully saturated rings. The second-order valence-corrected chi connectivity index (χ2v) is 5.04. The molecule has 0 bridgehead atoms. The molecule has 6 heteroatoms. The van der Waals surface area contributed by atoms with Crippen LogP contribution in [0.3, 0.4) is 0 Å². The number of benzene rings is 2. The Morgan fingerprint density at radius 2 is 1.92 bits per heavy atom. The molecule has 4 nitrogen and oxygen atoms in total. The maximum atomic E-state index is 13.7. The van der Waals surface area contributed by atoms with E-state index in [4.69, 9.17) is 10.5 Å². The topological polar surface area (TPSA) is 64.3 Å². The van der Waals surface area contributed by atoms with Crippen LogP contribution in [0.2, 0.25) is 0 Å². The Kier molecular flexibility index (Phi) is 6.31. The van der Waals surface area contributed by atoms with Gasteiger partial charge in [0.2, 0.25) is 0 Å². The number of hydrogen-bond acceptors (Lipinski definition) is 3. The molecule has 2 aromatic carbocycles. The van der Waals surface area contributed by atoms with Crippen molar-refractivity contribution in [3.05, 3.63) is 71.3 Å². The maximum Gasteiger partial charge on any atom is 0.407 e. The lowest BCUT2D eigenvalue weighted by Gasteiger charge is -2.06. The minimum atomic E-state index is -0.790. The van der Waals surface area contributed by atoms with Crippen LogP contribution in [0.15, 0.2) is 48.5 Å². The van der Waals surface area contributed by atoms with Crippen LogP contribution in [0.1, 0.15) is 17.5 Å². The summed E-state index contributed by atoms with van der Waals surface area (Å²) in [5.74, 6) is -1.48. The van der Waals surface area contributed by atoms with E-state index < -0.39 is 17.7 Å². The third kappa shape index (κ3) is 5.08. The molecule has 0 spiro atoms. The smallest absolute Gasteiger partial charge is 0.407 e. The predicted molar refractivity (Wildman–Crippen MR) is 89.1 cm³/mol. The number of carbonyl (C=O) groups excluding carboxylic acids is 1. The third-order valence-electron chi connectivity index (χ3n) is 3.23. The molecule has 0 aliphatic heterocycles. The zero-order valence-electron chi connectivity index (χ0n) is 13.0. The summed E-state index contributed by atoms with van der Waals surface area (Å²) in [4.78, 5) is 11.5. The number of nitrogen functional groups attached to an aromatic ring is 1. The van der Waals surface area contributed by atoms with Gasteiger partial charge in [-0.25, -0.2) is 13.6 Å². The summed E-state index contributed by atoms with van der Waals surface area (Å²) in [6, 6.07) is 11.6. The van der Waals surface area contributed by atoms with Crippen LogP contribution < -0.4 is 11.1 Å². The lowest BCUT2D eigenvalue weighted by atomic mass is 10.1. The van der Waals surface area contributed by atoms with Crippen LogP contribution in [0.4, 0.5) is 19.3 Å². The summed E-state index contributed by atoms with van der Waals surface area (Å²) in [6.07, 6.45) is 2.71. The van der Waals surface area contributed by atoms with E-state index in [-0.39, 0.29) is 24.4 Å². The van der Waals surface area contributed by atoms with Gasteiger partial charge in [0.1, 0.15) is 12.4 Å². The molecule has 24 heavy (non-hydrogen) atoms. The van der Waals surface area contributed by atoms with Crippen LogP contribution >= 0.6 is 0 Å². The Labute approximate surface area is 138 Å². The largest absolute Gasteiger partial charge is 0.445 e. The summed E-state index contributed by atoms with van der Waals surface area (Å²) in [5.41, 5.74) is 5.98.